The fourth-order valence-electron chi connectivity index (χ4n) is 3.42. The molecule has 0 spiro atoms. The Morgan fingerprint density at radius 2 is 1.85 bits per heavy atom. The normalized spacial score (nSPS) is 10.9. The van der Waals surface area contributed by atoms with Gasteiger partial charge in [-0.1, -0.05) is 13.0 Å². The Morgan fingerprint density at radius 3 is 2.56 bits per heavy atom. The molecule has 11 nitrogen and oxygen atoms in total. The van der Waals surface area contributed by atoms with Crippen molar-refractivity contribution >= 4 is 11.6 Å². The summed E-state index contributed by atoms with van der Waals surface area (Å²) in [6, 6.07) is 13.3. The molecule has 0 atom stereocenters. The Hall–Kier alpha value is -4.41. The largest absolute Gasteiger partial charge is 0.352 e. The van der Waals surface area contributed by atoms with Gasteiger partial charge in [-0.15, -0.1) is 0 Å². The molecule has 2 aromatic heterocycles. The lowest BCUT2D eigenvalue weighted by Gasteiger charge is -2.09. The van der Waals surface area contributed by atoms with Crippen molar-refractivity contribution in [1.29, 1.82) is 0 Å². The molecule has 0 fully saturated rings. The molecular weight excluding hydrogens is 436 g/mol. The van der Waals surface area contributed by atoms with Gasteiger partial charge in [0.05, 0.1) is 29.5 Å². The highest BCUT2D eigenvalue weighted by Crippen LogP contribution is 2.24. The third kappa shape index (κ3) is 5.31. The summed E-state index contributed by atoms with van der Waals surface area (Å²) in [5.41, 5.74) is 1.89. The highest BCUT2D eigenvalue weighted by molar-refractivity contribution is 5.94. The second-order valence-corrected chi connectivity index (χ2v) is 7.56. The molecule has 0 radical (unpaired) electrons. The van der Waals surface area contributed by atoms with Crippen molar-refractivity contribution in [3.63, 3.8) is 0 Å². The molecule has 1 amide bonds. The first-order valence-corrected chi connectivity index (χ1v) is 11.0. The van der Waals surface area contributed by atoms with E-state index in [1.165, 1.54) is 12.1 Å². The van der Waals surface area contributed by atoms with Gasteiger partial charge in [-0.25, -0.2) is 9.67 Å². The summed E-state index contributed by atoms with van der Waals surface area (Å²) in [5.74, 6) is 1.01. The van der Waals surface area contributed by atoms with Crippen molar-refractivity contribution < 1.29 is 9.72 Å². The lowest BCUT2D eigenvalue weighted by molar-refractivity contribution is -0.384. The van der Waals surface area contributed by atoms with E-state index < -0.39 is 4.92 Å². The predicted octanol–water partition coefficient (Wildman–Crippen LogP) is 3.21. The van der Waals surface area contributed by atoms with E-state index in [2.05, 4.69) is 25.6 Å². The smallest absolute Gasteiger partial charge is 0.269 e. The van der Waals surface area contributed by atoms with Crippen molar-refractivity contribution in [1.82, 2.24) is 35.1 Å². The van der Waals surface area contributed by atoms with Crippen molar-refractivity contribution in [3.8, 4) is 17.1 Å². The zero-order valence-electron chi connectivity index (χ0n) is 18.7. The van der Waals surface area contributed by atoms with Gasteiger partial charge in [0.1, 0.15) is 0 Å². The lowest BCUT2D eigenvalue weighted by atomic mass is 10.1. The molecule has 4 aromatic rings. The third-order valence-electron chi connectivity index (χ3n) is 5.19. The number of non-ortho nitro benzene ring substituents is 1. The number of hydrogen-bond donors (Lipinski definition) is 1. The van der Waals surface area contributed by atoms with Crippen LogP contribution in [-0.2, 0) is 13.0 Å². The van der Waals surface area contributed by atoms with Crippen molar-refractivity contribution in [2.45, 2.75) is 32.7 Å². The van der Waals surface area contributed by atoms with Crippen molar-refractivity contribution in [2.24, 2.45) is 0 Å². The molecule has 11 heteroatoms. The molecule has 2 aromatic carbocycles. The highest BCUT2D eigenvalue weighted by atomic mass is 16.6. The van der Waals surface area contributed by atoms with Crippen LogP contribution in [0.4, 0.5) is 5.69 Å². The molecule has 0 saturated heterocycles. The summed E-state index contributed by atoms with van der Waals surface area (Å²) in [7, 11) is 0. The van der Waals surface area contributed by atoms with E-state index in [1.807, 2.05) is 13.0 Å². The molecule has 0 saturated carbocycles. The molecule has 0 aliphatic rings. The highest BCUT2D eigenvalue weighted by Gasteiger charge is 2.16. The zero-order chi connectivity index (χ0) is 23.9. The van der Waals surface area contributed by atoms with E-state index in [0.717, 1.165) is 12.8 Å². The summed E-state index contributed by atoms with van der Waals surface area (Å²) in [6.45, 7) is 3.20. The second-order valence-electron chi connectivity index (χ2n) is 7.56. The number of nitrogens with one attached hydrogen (secondary N) is 1. The standard InChI is InChI=1S/C23H24N8O3/c1-2-21-27-22(17-8-10-19(11-9-17)31(33)34)30(28-21)20-7-5-6-18(16-20)23(32)24-12-3-4-15-29-25-13-14-26-29/h5-11,13-14,16H,2-4,12,15H2,1H3,(H,24,32). The molecule has 0 aliphatic carbocycles. The molecule has 2 heterocycles. The quantitative estimate of drug-likeness (QED) is 0.218. The minimum atomic E-state index is -0.442. The second kappa shape index (κ2) is 10.5. The van der Waals surface area contributed by atoms with Crippen molar-refractivity contribution in [3.05, 3.63) is 82.4 Å². The Labute approximate surface area is 195 Å². The number of rotatable bonds is 10. The minimum absolute atomic E-state index is 0.00471. The van der Waals surface area contributed by atoms with Crippen LogP contribution < -0.4 is 5.32 Å². The van der Waals surface area contributed by atoms with Crippen LogP contribution in [0.25, 0.3) is 17.1 Å². The Balaban J connectivity index is 1.47. The summed E-state index contributed by atoms with van der Waals surface area (Å²) in [4.78, 5) is 29.4. The first-order valence-electron chi connectivity index (χ1n) is 11.0. The Bertz CT molecular complexity index is 1270. The van der Waals surface area contributed by atoms with Gasteiger partial charge >= 0.3 is 0 Å². The average molecular weight is 460 g/mol. The van der Waals surface area contributed by atoms with Crippen LogP contribution in [0.5, 0.6) is 0 Å². The van der Waals surface area contributed by atoms with Crippen LogP contribution in [0, 0.1) is 10.1 Å². The SMILES string of the molecule is CCc1nc(-c2ccc([N+](=O)[O-])cc2)n(-c2cccc(C(=O)NCCCCn3nccn3)c2)n1. The molecule has 0 unspecified atom stereocenters. The molecule has 174 valence electrons. The van der Waals surface area contributed by atoms with Crippen molar-refractivity contribution in [2.75, 3.05) is 6.54 Å². The van der Waals surface area contributed by atoms with E-state index in [1.54, 1.807) is 52.2 Å². The summed E-state index contributed by atoms with van der Waals surface area (Å²) in [5, 5.41) is 26.6. The fourth-order valence-corrected chi connectivity index (χ4v) is 3.42. The zero-order valence-corrected chi connectivity index (χ0v) is 18.7. The number of carbonyl (C=O) groups is 1. The van der Waals surface area contributed by atoms with E-state index >= 15 is 0 Å². The maximum atomic E-state index is 12.7. The van der Waals surface area contributed by atoms with E-state index in [0.29, 0.717) is 48.0 Å². The first kappa shape index (κ1) is 22.8. The number of carbonyl (C=O) groups excluding carboxylic acids is 1. The maximum Gasteiger partial charge on any atom is 0.269 e. The molecule has 0 aliphatic heterocycles. The van der Waals surface area contributed by atoms with Gasteiger partial charge in [0.15, 0.2) is 11.6 Å². The van der Waals surface area contributed by atoms with Gasteiger partial charge in [-0.2, -0.15) is 20.1 Å². The van der Waals surface area contributed by atoms with Gasteiger partial charge < -0.3 is 5.32 Å². The number of hydrogen-bond acceptors (Lipinski definition) is 7. The van der Waals surface area contributed by atoms with Gasteiger partial charge in [-0.3, -0.25) is 14.9 Å². The number of unbranched alkanes of at least 4 members (excludes halogenated alkanes) is 1. The number of amides is 1. The molecular formula is C23H24N8O3. The van der Waals surface area contributed by atoms with Gasteiger partial charge in [0, 0.05) is 36.2 Å². The van der Waals surface area contributed by atoms with E-state index in [4.69, 9.17) is 0 Å². The number of nitro benzene ring substituents is 1. The molecule has 34 heavy (non-hydrogen) atoms. The number of benzene rings is 2. The monoisotopic (exact) mass is 460 g/mol. The molecule has 1 N–H and O–H groups in total. The lowest BCUT2D eigenvalue weighted by Crippen LogP contribution is -2.24. The van der Waals surface area contributed by atoms with E-state index in [9.17, 15) is 14.9 Å². The molecule has 0 bridgehead atoms. The Kier molecular flexibility index (Phi) is 7.01. The van der Waals surface area contributed by atoms with Crippen LogP contribution in [0.15, 0.2) is 60.9 Å². The van der Waals surface area contributed by atoms with Crippen LogP contribution >= 0.6 is 0 Å². The third-order valence-corrected chi connectivity index (χ3v) is 5.19. The average Bonchev–Trinajstić information content (AvgIpc) is 3.54. The number of aromatic nitrogens is 6. The summed E-state index contributed by atoms with van der Waals surface area (Å²) >= 11 is 0. The Morgan fingerprint density at radius 1 is 1.09 bits per heavy atom. The number of nitrogens with zero attached hydrogens (tertiary/aromatic N) is 7. The topological polar surface area (TPSA) is 134 Å². The number of aryl methyl sites for hydroxylation is 2. The van der Waals surface area contributed by atoms with Gasteiger partial charge in [0.25, 0.3) is 11.6 Å². The van der Waals surface area contributed by atoms with E-state index in [-0.39, 0.29) is 11.6 Å². The van der Waals surface area contributed by atoms with Gasteiger partial charge in [0.2, 0.25) is 0 Å². The van der Waals surface area contributed by atoms with Crippen LogP contribution in [0.3, 0.4) is 0 Å². The maximum absolute atomic E-state index is 12.7. The van der Waals surface area contributed by atoms with Gasteiger partial charge in [-0.05, 0) is 43.2 Å². The van der Waals surface area contributed by atoms with Crippen LogP contribution in [0.2, 0.25) is 0 Å². The molecule has 4 rings (SSSR count). The summed E-state index contributed by atoms with van der Waals surface area (Å²) < 4.78 is 1.66. The van der Waals surface area contributed by atoms with Crippen LogP contribution in [0.1, 0.15) is 35.9 Å². The van der Waals surface area contributed by atoms with Crippen LogP contribution in [-0.4, -0.2) is 47.1 Å². The first-order chi connectivity index (χ1) is 16.5. The minimum Gasteiger partial charge on any atom is -0.352 e. The predicted molar refractivity (Wildman–Crippen MR) is 124 cm³/mol. The summed E-state index contributed by atoms with van der Waals surface area (Å²) in [6.07, 6.45) is 5.56. The number of nitro groups is 1. The fraction of sp³-hybridized carbons (Fsp3) is 0.261.